The van der Waals surface area contributed by atoms with Crippen LogP contribution in [0.15, 0.2) is 37.1 Å². The molecule has 0 unspecified atom stereocenters. The third-order valence-corrected chi connectivity index (χ3v) is 5.96. The van der Waals surface area contributed by atoms with Crippen molar-refractivity contribution in [2.75, 3.05) is 17.7 Å². The van der Waals surface area contributed by atoms with Crippen molar-refractivity contribution in [3.63, 3.8) is 0 Å². The van der Waals surface area contributed by atoms with E-state index in [9.17, 15) is 4.79 Å². The Labute approximate surface area is 184 Å². The molecule has 10 heteroatoms. The van der Waals surface area contributed by atoms with Crippen LogP contribution in [0, 0.1) is 0 Å². The second kappa shape index (κ2) is 9.80. The van der Waals surface area contributed by atoms with Crippen molar-refractivity contribution in [1.29, 1.82) is 0 Å². The van der Waals surface area contributed by atoms with Crippen LogP contribution in [-0.2, 0) is 16.1 Å². The molecule has 9 nitrogen and oxygen atoms in total. The lowest BCUT2D eigenvalue weighted by Crippen LogP contribution is -2.48. The van der Waals surface area contributed by atoms with Crippen LogP contribution in [0.4, 0.5) is 16.9 Å². The van der Waals surface area contributed by atoms with E-state index in [0.29, 0.717) is 23.5 Å². The third kappa shape index (κ3) is 5.33. The fourth-order valence-corrected chi connectivity index (χ4v) is 4.48. The van der Waals surface area contributed by atoms with E-state index in [0.717, 1.165) is 41.7 Å². The zero-order chi connectivity index (χ0) is 21.6. The number of rotatable bonds is 8. The van der Waals surface area contributed by atoms with Gasteiger partial charge in [0.2, 0.25) is 11.9 Å². The monoisotopic (exact) mass is 439 g/mol. The highest BCUT2D eigenvalue weighted by atomic mass is 32.1. The Morgan fingerprint density at radius 1 is 1.29 bits per heavy atom. The van der Waals surface area contributed by atoms with E-state index in [1.165, 1.54) is 17.4 Å². The molecule has 1 aliphatic rings. The Balaban J connectivity index is 1.55. The summed E-state index contributed by atoms with van der Waals surface area (Å²) in [5, 5.41) is 10.4. The number of anilines is 3. The Kier molecular flexibility index (Phi) is 6.68. The third-order valence-electron chi connectivity index (χ3n) is 5.07. The summed E-state index contributed by atoms with van der Waals surface area (Å²) in [6, 6.07) is 5.66. The maximum absolute atomic E-state index is 11.8. The van der Waals surface area contributed by atoms with Gasteiger partial charge in [-0.05, 0) is 31.1 Å². The highest BCUT2D eigenvalue weighted by Gasteiger charge is 2.26. The summed E-state index contributed by atoms with van der Waals surface area (Å²) in [5.41, 5.74) is 1.58. The van der Waals surface area contributed by atoms with Crippen LogP contribution >= 0.6 is 11.3 Å². The van der Waals surface area contributed by atoms with Gasteiger partial charge in [0.15, 0.2) is 5.13 Å². The van der Waals surface area contributed by atoms with Gasteiger partial charge in [-0.1, -0.05) is 30.8 Å². The normalized spacial score (nSPS) is 18.5. The van der Waals surface area contributed by atoms with E-state index >= 15 is 0 Å². The number of fused-ring (bicyclic) bond motifs is 1. The van der Waals surface area contributed by atoms with Gasteiger partial charge in [0.25, 0.3) is 0 Å². The minimum absolute atomic E-state index is 0.000627. The number of methoxy groups -OCH3 is 1. The van der Waals surface area contributed by atoms with E-state index in [1.807, 2.05) is 18.2 Å². The number of hydrogen-bond acceptors (Lipinski definition) is 9. The number of carbonyl (C=O) groups excluding carboxylic acids is 1. The predicted octanol–water partition coefficient (Wildman–Crippen LogP) is 3.40. The number of nitrogens with zero attached hydrogens (tertiary/aromatic N) is 4. The van der Waals surface area contributed by atoms with Gasteiger partial charge in [-0.2, -0.15) is 4.98 Å². The topological polar surface area (TPSA) is 114 Å². The summed E-state index contributed by atoms with van der Waals surface area (Å²) in [6.45, 7) is 3.90. The number of hydrogen-bond donors (Lipinski definition) is 3. The van der Waals surface area contributed by atoms with Crippen LogP contribution in [0.3, 0.4) is 0 Å². The van der Waals surface area contributed by atoms with Gasteiger partial charge in [-0.25, -0.2) is 15.0 Å². The Hall–Kier alpha value is -3.11. The van der Waals surface area contributed by atoms with Crippen molar-refractivity contribution in [3.05, 3.63) is 42.7 Å². The minimum atomic E-state index is -0.167. The van der Waals surface area contributed by atoms with Crippen LogP contribution in [0.5, 0.6) is 0 Å². The molecule has 0 aromatic carbocycles. The van der Waals surface area contributed by atoms with Crippen LogP contribution in [0.25, 0.3) is 10.3 Å². The van der Waals surface area contributed by atoms with E-state index in [4.69, 9.17) is 4.74 Å². The highest BCUT2D eigenvalue weighted by Crippen LogP contribution is 2.27. The molecular weight excluding hydrogens is 414 g/mol. The van der Waals surface area contributed by atoms with Crippen LogP contribution in [0.2, 0.25) is 0 Å². The molecule has 0 radical (unpaired) electrons. The van der Waals surface area contributed by atoms with Crippen molar-refractivity contribution < 1.29 is 9.53 Å². The number of amides is 1. The van der Waals surface area contributed by atoms with Crippen molar-refractivity contribution >= 4 is 44.5 Å². The molecule has 1 fully saturated rings. The molecule has 0 spiro atoms. The van der Waals surface area contributed by atoms with Gasteiger partial charge >= 0.3 is 0 Å². The maximum Gasteiger partial charge on any atom is 0.243 e. The number of aromatic nitrogens is 4. The number of ether oxygens (including phenoxy) is 1. The first-order valence-electron chi connectivity index (χ1n) is 10.2. The maximum atomic E-state index is 11.8. The van der Waals surface area contributed by atoms with E-state index < -0.39 is 0 Å². The second-order valence-electron chi connectivity index (χ2n) is 7.33. The average Bonchev–Trinajstić information content (AvgIpc) is 3.17. The fourth-order valence-electron chi connectivity index (χ4n) is 3.66. The molecule has 3 aromatic rings. The molecule has 1 saturated carbocycles. The van der Waals surface area contributed by atoms with Crippen LogP contribution in [-0.4, -0.2) is 45.0 Å². The van der Waals surface area contributed by atoms with Gasteiger partial charge in [0, 0.05) is 31.5 Å². The molecule has 2 atom stereocenters. The van der Waals surface area contributed by atoms with Gasteiger partial charge in [0.05, 0.1) is 12.3 Å². The molecular formula is C21H25N7O2S. The van der Waals surface area contributed by atoms with E-state index in [-0.39, 0.29) is 18.0 Å². The van der Waals surface area contributed by atoms with Gasteiger partial charge in [-0.3, -0.25) is 4.79 Å². The molecule has 3 N–H and O–H groups in total. The summed E-state index contributed by atoms with van der Waals surface area (Å²) in [5.74, 6) is 0.937. The van der Waals surface area contributed by atoms with Crippen molar-refractivity contribution in [1.82, 2.24) is 25.3 Å². The highest BCUT2D eigenvalue weighted by molar-refractivity contribution is 7.21. The molecule has 162 valence electrons. The minimum Gasteiger partial charge on any atom is -0.378 e. The lowest BCUT2D eigenvalue weighted by Gasteiger charge is -2.32. The van der Waals surface area contributed by atoms with Gasteiger partial charge in [-0.15, -0.1) is 0 Å². The van der Waals surface area contributed by atoms with Crippen molar-refractivity contribution in [2.45, 2.75) is 44.4 Å². The summed E-state index contributed by atoms with van der Waals surface area (Å²) in [7, 11) is 1.63. The lowest BCUT2D eigenvalue weighted by atomic mass is 9.90. The first kappa shape index (κ1) is 21.1. The van der Waals surface area contributed by atoms with E-state index in [2.05, 4.69) is 42.5 Å². The first-order valence-corrected chi connectivity index (χ1v) is 11.0. The zero-order valence-corrected chi connectivity index (χ0v) is 18.1. The van der Waals surface area contributed by atoms with E-state index in [1.54, 1.807) is 13.3 Å². The second-order valence-corrected chi connectivity index (χ2v) is 8.30. The Morgan fingerprint density at radius 3 is 2.90 bits per heavy atom. The molecule has 31 heavy (non-hydrogen) atoms. The standard InChI is InChI=1S/C21H25N7O2S/c1-3-18(29)24-14-7-4-5-8-15(14)25-20-23-13(12-30-2)11-17(27-20)28-21-26-16-9-6-10-22-19(16)31-21/h3,6,9-11,14-15H,1,4-5,7-8,12H2,2H3,(H,24,29)(H2,23,25,26,27,28)/t14-,15+/m1/s1. The molecule has 0 bridgehead atoms. The molecule has 0 aliphatic heterocycles. The number of carbonyl (C=O) groups is 1. The summed E-state index contributed by atoms with van der Waals surface area (Å²) in [6.07, 6.45) is 7.03. The first-order chi connectivity index (χ1) is 15.1. The van der Waals surface area contributed by atoms with Gasteiger partial charge < -0.3 is 20.7 Å². The van der Waals surface area contributed by atoms with Crippen LogP contribution in [0.1, 0.15) is 31.4 Å². The smallest absolute Gasteiger partial charge is 0.243 e. The SMILES string of the molecule is C=CC(=O)N[C@@H]1CCCC[C@@H]1Nc1nc(COC)cc(Nc2nc3cccnc3s2)n1. The largest absolute Gasteiger partial charge is 0.378 e. The summed E-state index contributed by atoms with van der Waals surface area (Å²) in [4.78, 5) is 30.8. The summed E-state index contributed by atoms with van der Waals surface area (Å²) >= 11 is 1.46. The number of nitrogens with one attached hydrogen (secondary N) is 3. The molecule has 4 rings (SSSR count). The molecule has 3 heterocycles. The Bertz CT molecular complexity index is 1040. The predicted molar refractivity (Wildman–Crippen MR) is 121 cm³/mol. The molecule has 0 saturated heterocycles. The van der Waals surface area contributed by atoms with Crippen molar-refractivity contribution in [2.24, 2.45) is 0 Å². The zero-order valence-electron chi connectivity index (χ0n) is 17.3. The molecule has 3 aromatic heterocycles. The number of thiazole rings is 1. The van der Waals surface area contributed by atoms with Crippen LogP contribution < -0.4 is 16.0 Å². The average molecular weight is 440 g/mol. The molecule has 1 amide bonds. The summed E-state index contributed by atoms with van der Waals surface area (Å²) < 4.78 is 5.28. The van der Waals surface area contributed by atoms with Crippen molar-refractivity contribution in [3.8, 4) is 0 Å². The lowest BCUT2D eigenvalue weighted by molar-refractivity contribution is -0.117. The molecule has 1 aliphatic carbocycles. The quantitative estimate of drug-likeness (QED) is 0.458. The Morgan fingerprint density at radius 2 is 2.13 bits per heavy atom. The fraction of sp³-hybridized carbons (Fsp3) is 0.381. The number of pyridine rings is 1. The van der Waals surface area contributed by atoms with Gasteiger partial charge in [0.1, 0.15) is 16.2 Å².